The molecule has 1 aromatic carbocycles. The highest BCUT2D eigenvalue weighted by molar-refractivity contribution is 6.31. The quantitative estimate of drug-likeness (QED) is 0.798. The van der Waals surface area contributed by atoms with E-state index in [0.29, 0.717) is 23.0 Å². The van der Waals surface area contributed by atoms with E-state index in [-0.39, 0.29) is 11.7 Å². The molecule has 6 heteroatoms. The van der Waals surface area contributed by atoms with Crippen LogP contribution in [0.3, 0.4) is 0 Å². The number of nitrogens with zero attached hydrogens (tertiary/aromatic N) is 2. The lowest BCUT2D eigenvalue weighted by Gasteiger charge is -2.07. The van der Waals surface area contributed by atoms with Crippen LogP contribution < -0.4 is 5.32 Å². The summed E-state index contributed by atoms with van der Waals surface area (Å²) in [6.07, 6.45) is 5.22. The smallest absolute Gasteiger partial charge is 0.291 e. The first-order chi connectivity index (χ1) is 10.6. The number of amides is 1. The zero-order valence-corrected chi connectivity index (χ0v) is 12.7. The number of rotatable bonds is 4. The topological polar surface area (TPSA) is 60.1 Å². The molecule has 2 heterocycles. The number of benzene rings is 1. The lowest BCUT2D eigenvalue weighted by molar-refractivity contribution is 0.0994. The zero-order chi connectivity index (χ0) is 15.5. The van der Waals surface area contributed by atoms with Gasteiger partial charge >= 0.3 is 0 Å². The standard InChI is InChI=1S/C16H14ClN3O2/c1-11-2-3-12(17)8-14(11)19-16(21)15-5-4-13(22-15)9-20-7-6-18-10-20/h2-8,10H,9H2,1H3,(H,19,21). The van der Waals surface area contributed by atoms with Crippen LogP contribution in [0.25, 0.3) is 0 Å². The lowest BCUT2D eigenvalue weighted by Crippen LogP contribution is -2.11. The molecule has 2 aromatic heterocycles. The van der Waals surface area contributed by atoms with Crippen LogP contribution in [0.4, 0.5) is 5.69 Å². The molecule has 0 bridgehead atoms. The van der Waals surface area contributed by atoms with E-state index in [1.165, 1.54) is 0 Å². The fraction of sp³-hybridized carbons (Fsp3) is 0.125. The van der Waals surface area contributed by atoms with Crippen molar-refractivity contribution in [2.24, 2.45) is 0 Å². The van der Waals surface area contributed by atoms with E-state index in [1.807, 2.05) is 23.8 Å². The summed E-state index contributed by atoms with van der Waals surface area (Å²) >= 11 is 5.95. The zero-order valence-electron chi connectivity index (χ0n) is 11.9. The Bertz CT molecular complexity index is 794. The summed E-state index contributed by atoms with van der Waals surface area (Å²) in [6.45, 7) is 2.43. The molecule has 0 aliphatic carbocycles. The van der Waals surface area contributed by atoms with Gasteiger partial charge in [-0.15, -0.1) is 0 Å². The van der Waals surface area contributed by atoms with Crippen LogP contribution in [-0.2, 0) is 6.54 Å². The third-order valence-electron chi connectivity index (χ3n) is 3.23. The summed E-state index contributed by atoms with van der Waals surface area (Å²) < 4.78 is 7.43. The molecule has 0 radical (unpaired) electrons. The van der Waals surface area contributed by atoms with Gasteiger partial charge in [0.15, 0.2) is 5.76 Å². The highest BCUT2D eigenvalue weighted by Crippen LogP contribution is 2.21. The minimum Gasteiger partial charge on any atom is -0.454 e. The monoisotopic (exact) mass is 315 g/mol. The Morgan fingerprint density at radius 3 is 3.00 bits per heavy atom. The third kappa shape index (κ3) is 3.20. The van der Waals surface area contributed by atoms with E-state index in [1.54, 1.807) is 36.8 Å². The van der Waals surface area contributed by atoms with Crippen LogP contribution in [0, 0.1) is 6.92 Å². The van der Waals surface area contributed by atoms with Crippen LogP contribution in [0.2, 0.25) is 5.02 Å². The summed E-state index contributed by atoms with van der Waals surface area (Å²) in [7, 11) is 0. The summed E-state index contributed by atoms with van der Waals surface area (Å²) in [4.78, 5) is 16.2. The number of aryl methyl sites for hydroxylation is 1. The maximum absolute atomic E-state index is 12.2. The molecule has 3 aromatic rings. The summed E-state index contributed by atoms with van der Waals surface area (Å²) in [5.41, 5.74) is 1.60. The SMILES string of the molecule is Cc1ccc(Cl)cc1NC(=O)c1ccc(Cn2ccnc2)o1. The van der Waals surface area contributed by atoms with Gasteiger partial charge in [0.05, 0.1) is 12.9 Å². The molecule has 0 fully saturated rings. The van der Waals surface area contributed by atoms with Gasteiger partial charge in [-0.2, -0.15) is 0 Å². The Morgan fingerprint density at radius 1 is 1.36 bits per heavy atom. The van der Waals surface area contributed by atoms with Gasteiger partial charge in [-0.1, -0.05) is 17.7 Å². The number of halogens is 1. The maximum Gasteiger partial charge on any atom is 0.291 e. The molecule has 1 amide bonds. The molecule has 22 heavy (non-hydrogen) atoms. The molecule has 0 saturated heterocycles. The Balaban J connectivity index is 1.72. The molecule has 0 atom stereocenters. The van der Waals surface area contributed by atoms with Crippen molar-refractivity contribution in [1.82, 2.24) is 9.55 Å². The normalized spacial score (nSPS) is 10.6. The van der Waals surface area contributed by atoms with E-state index >= 15 is 0 Å². The lowest BCUT2D eigenvalue weighted by atomic mass is 10.2. The molecule has 112 valence electrons. The second kappa shape index (κ2) is 6.07. The first kappa shape index (κ1) is 14.4. The van der Waals surface area contributed by atoms with Crippen LogP contribution in [0.15, 0.2) is 53.5 Å². The molecule has 3 rings (SSSR count). The van der Waals surface area contributed by atoms with Gasteiger partial charge in [-0.3, -0.25) is 4.79 Å². The average Bonchev–Trinajstić information content (AvgIpc) is 3.15. The van der Waals surface area contributed by atoms with Gasteiger partial charge < -0.3 is 14.3 Å². The Labute approximate surface area is 132 Å². The Morgan fingerprint density at radius 2 is 2.23 bits per heavy atom. The number of aromatic nitrogens is 2. The van der Waals surface area contributed by atoms with Gasteiger partial charge in [-0.25, -0.2) is 4.98 Å². The second-order valence-corrected chi connectivity index (χ2v) is 5.35. The van der Waals surface area contributed by atoms with Crippen molar-refractivity contribution in [3.8, 4) is 0 Å². The number of imidazole rings is 1. The number of carbonyl (C=O) groups is 1. The predicted molar refractivity (Wildman–Crippen MR) is 84.2 cm³/mol. The molecule has 0 unspecified atom stereocenters. The second-order valence-electron chi connectivity index (χ2n) is 4.91. The Kier molecular flexibility index (Phi) is 3.98. The van der Waals surface area contributed by atoms with Crippen molar-refractivity contribution < 1.29 is 9.21 Å². The fourth-order valence-electron chi connectivity index (χ4n) is 2.06. The van der Waals surface area contributed by atoms with Crippen molar-refractivity contribution in [2.75, 3.05) is 5.32 Å². The Hall–Kier alpha value is -2.53. The van der Waals surface area contributed by atoms with Gasteiger partial charge in [-0.05, 0) is 36.8 Å². The van der Waals surface area contributed by atoms with Gasteiger partial charge in [0.25, 0.3) is 5.91 Å². The van der Waals surface area contributed by atoms with Crippen LogP contribution in [0.1, 0.15) is 21.9 Å². The first-order valence-corrected chi connectivity index (χ1v) is 7.11. The predicted octanol–water partition coefficient (Wildman–Crippen LogP) is 3.74. The molecule has 0 aliphatic rings. The molecule has 0 saturated carbocycles. The molecular weight excluding hydrogens is 302 g/mol. The molecule has 5 nitrogen and oxygen atoms in total. The minimum atomic E-state index is -0.303. The summed E-state index contributed by atoms with van der Waals surface area (Å²) in [5, 5.41) is 3.37. The van der Waals surface area contributed by atoms with Crippen LogP contribution in [-0.4, -0.2) is 15.5 Å². The first-order valence-electron chi connectivity index (χ1n) is 6.74. The van der Waals surface area contributed by atoms with Gasteiger partial charge in [0, 0.05) is 23.1 Å². The van der Waals surface area contributed by atoms with Crippen LogP contribution in [0.5, 0.6) is 0 Å². The molecule has 1 N–H and O–H groups in total. The number of anilines is 1. The van der Waals surface area contributed by atoms with Gasteiger partial charge in [0.2, 0.25) is 0 Å². The van der Waals surface area contributed by atoms with Gasteiger partial charge in [0.1, 0.15) is 5.76 Å². The van der Waals surface area contributed by atoms with Crippen molar-refractivity contribution >= 4 is 23.2 Å². The number of hydrogen-bond donors (Lipinski definition) is 1. The highest BCUT2D eigenvalue weighted by atomic mass is 35.5. The average molecular weight is 316 g/mol. The van der Waals surface area contributed by atoms with Crippen molar-refractivity contribution in [2.45, 2.75) is 13.5 Å². The van der Waals surface area contributed by atoms with Crippen molar-refractivity contribution in [3.63, 3.8) is 0 Å². The van der Waals surface area contributed by atoms with Crippen molar-refractivity contribution in [1.29, 1.82) is 0 Å². The fourth-order valence-corrected chi connectivity index (χ4v) is 2.23. The highest BCUT2D eigenvalue weighted by Gasteiger charge is 2.13. The van der Waals surface area contributed by atoms with E-state index in [9.17, 15) is 4.79 Å². The number of furan rings is 1. The minimum absolute atomic E-state index is 0.259. The molecular formula is C16H14ClN3O2. The van der Waals surface area contributed by atoms with E-state index < -0.39 is 0 Å². The van der Waals surface area contributed by atoms with Crippen molar-refractivity contribution in [3.05, 3.63) is 71.2 Å². The van der Waals surface area contributed by atoms with E-state index in [0.717, 1.165) is 5.56 Å². The summed E-state index contributed by atoms with van der Waals surface area (Å²) in [5.74, 6) is 0.641. The number of nitrogens with one attached hydrogen (secondary N) is 1. The largest absolute Gasteiger partial charge is 0.454 e. The number of hydrogen-bond acceptors (Lipinski definition) is 3. The summed E-state index contributed by atoms with van der Waals surface area (Å²) in [6, 6.07) is 8.78. The van der Waals surface area contributed by atoms with E-state index in [4.69, 9.17) is 16.0 Å². The number of carbonyl (C=O) groups excluding carboxylic acids is 1. The van der Waals surface area contributed by atoms with E-state index in [2.05, 4.69) is 10.3 Å². The third-order valence-corrected chi connectivity index (χ3v) is 3.47. The van der Waals surface area contributed by atoms with Crippen LogP contribution >= 0.6 is 11.6 Å². The molecule has 0 aliphatic heterocycles. The molecule has 0 spiro atoms. The maximum atomic E-state index is 12.2.